The Balaban J connectivity index is 1.40. The third-order valence-corrected chi connectivity index (χ3v) is 6.08. The van der Waals surface area contributed by atoms with E-state index in [-0.39, 0.29) is 6.10 Å². The van der Waals surface area contributed by atoms with Crippen molar-refractivity contribution in [3.63, 3.8) is 0 Å². The molecular formula is C23H21Cl2N3O2. The molecule has 1 aliphatic rings. The van der Waals surface area contributed by atoms with Crippen molar-refractivity contribution in [3.05, 3.63) is 69.4 Å². The van der Waals surface area contributed by atoms with Gasteiger partial charge in [0.15, 0.2) is 0 Å². The van der Waals surface area contributed by atoms with Crippen molar-refractivity contribution in [1.29, 1.82) is 5.26 Å². The van der Waals surface area contributed by atoms with Crippen LogP contribution >= 0.6 is 23.2 Å². The van der Waals surface area contributed by atoms with E-state index < -0.39 is 0 Å². The molecule has 7 heteroatoms. The van der Waals surface area contributed by atoms with E-state index in [1.54, 1.807) is 18.2 Å². The molecule has 30 heavy (non-hydrogen) atoms. The summed E-state index contributed by atoms with van der Waals surface area (Å²) < 4.78 is 11.6. The van der Waals surface area contributed by atoms with E-state index in [1.807, 2.05) is 31.2 Å². The molecule has 154 valence electrons. The van der Waals surface area contributed by atoms with Gasteiger partial charge in [0.25, 0.3) is 0 Å². The lowest BCUT2D eigenvalue weighted by Crippen LogP contribution is -2.37. The number of aromatic nitrogens is 1. The predicted molar refractivity (Wildman–Crippen MR) is 118 cm³/mol. The van der Waals surface area contributed by atoms with Gasteiger partial charge in [0, 0.05) is 29.9 Å². The molecule has 0 spiro atoms. The number of aryl methyl sites for hydroxylation is 1. The second-order valence-electron chi connectivity index (χ2n) is 7.32. The molecule has 0 bridgehead atoms. The molecule has 0 amide bonds. The maximum Gasteiger partial charge on any atom is 0.139 e. The Morgan fingerprint density at radius 2 is 1.80 bits per heavy atom. The molecular weight excluding hydrogens is 421 g/mol. The number of halogens is 2. The van der Waals surface area contributed by atoms with Crippen molar-refractivity contribution < 1.29 is 9.26 Å². The van der Waals surface area contributed by atoms with Gasteiger partial charge in [0.05, 0.1) is 34.4 Å². The molecule has 5 nitrogen and oxygen atoms in total. The van der Waals surface area contributed by atoms with Crippen LogP contribution in [0.25, 0.3) is 11.3 Å². The fourth-order valence-corrected chi connectivity index (χ4v) is 4.29. The monoisotopic (exact) mass is 441 g/mol. The third-order valence-electron chi connectivity index (χ3n) is 5.45. The van der Waals surface area contributed by atoms with E-state index in [4.69, 9.17) is 37.7 Å². The highest BCUT2D eigenvalue weighted by Crippen LogP contribution is 2.37. The van der Waals surface area contributed by atoms with E-state index in [9.17, 15) is 0 Å². The molecule has 0 unspecified atom stereocenters. The largest absolute Gasteiger partial charge is 0.373 e. The quantitative estimate of drug-likeness (QED) is 0.484. The first-order valence-corrected chi connectivity index (χ1v) is 10.6. The van der Waals surface area contributed by atoms with Gasteiger partial charge in [0.2, 0.25) is 0 Å². The molecule has 0 atom stereocenters. The van der Waals surface area contributed by atoms with Crippen molar-refractivity contribution in [1.82, 2.24) is 5.16 Å². The summed E-state index contributed by atoms with van der Waals surface area (Å²) in [5.41, 5.74) is 4.00. The number of hydrogen-bond acceptors (Lipinski definition) is 5. The van der Waals surface area contributed by atoms with Crippen molar-refractivity contribution >= 4 is 28.9 Å². The maximum absolute atomic E-state index is 8.95. The Morgan fingerprint density at radius 3 is 2.43 bits per heavy atom. The Kier molecular flexibility index (Phi) is 6.29. The SMILES string of the molecule is Cc1onc(-c2c(Cl)cccc2Cl)c1COC1CCN(c2ccc(C#N)cc2)CC1. The number of nitrogens with zero attached hydrogens (tertiary/aromatic N) is 3. The van der Waals surface area contributed by atoms with Gasteiger partial charge in [-0.3, -0.25) is 0 Å². The molecule has 1 aliphatic heterocycles. The first-order chi connectivity index (χ1) is 14.6. The lowest BCUT2D eigenvalue weighted by molar-refractivity contribution is 0.0248. The summed E-state index contributed by atoms with van der Waals surface area (Å²) in [6, 6.07) is 15.2. The molecule has 0 aliphatic carbocycles. The van der Waals surface area contributed by atoms with Crippen molar-refractivity contribution in [2.45, 2.75) is 32.5 Å². The summed E-state index contributed by atoms with van der Waals surface area (Å²) in [7, 11) is 0. The number of nitriles is 1. The minimum absolute atomic E-state index is 0.156. The van der Waals surface area contributed by atoms with E-state index in [0.717, 1.165) is 37.2 Å². The van der Waals surface area contributed by atoms with Crippen LogP contribution in [0, 0.1) is 18.3 Å². The number of anilines is 1. The van der Waals surface area contributed by atoms with Crippen LogP contribution in [0.5, 0.6) is 0 Å². The second kappa shape index (κ2) is 9.09. The van der Waals surface area contributed by atoms with Gasteiger partial charge in [-0.25, -0.2) is 0 Å². The summed E-state index contributed by atoms with van der Waals surface area (Å²) in [5.74, 6) is 0.705. The Morgan fingerprint density at radius 1 is 1.13 bits per heavy atom. The highest BCUT2D eigenvalue weighted by atomic mass is 35.5. The van der Waals surface area contributed by atoms with Crippen molar-refractivity contribution in [2.75, 3.05) is 18.0 Å². The molecule has 0 N–H and O–H groups in total. The molecule has 2 aromatic carbocycles. The fraction of sp³-hybridized carbons (Fsp3) is 0.304. The Labute approximate surface area is 185 Å². The zero-order chi connectivity index (χ0) is 21.1. The van der Waals surface area contributed by atoms with Crippen LogP contribution in [0.3, 0.4) is 0 Å². The zero-order valence-electron chi connectivity index (χ0n) is 16.6. The van der Waals surface area contributed by atoms with E-state index >= 15 is 0 Å². The lowest BCUT2D eigenvalue weighted by atomic mass is 10.0. The number of rotatable bonds is 5. The molecule has 1 fully saturated rings. The number of hydrogen-bond donors (Lipinski definition) is 0. The smallest absolute Gasteiger partial charge is 0.139 e. The summed E-state index contributed by atoms with van der Waals surface area (Å²) in [5, 5.41) is 14.2. The van der Waals surface area contributed by atoms with E-state index in [1.165, 1.54) is 0 Å². The van der Waals surface area contributed by atoms with E-state index in [0.29, 0.717) is 39.2 Å². The van der Waals surface area contributed by atoms with Crippen molar-refractivity contribution in [3.8, 4) is 17.3 Å². The minimum Gasteiger partial charge on any atom is -0.373 e. The van der Waals surface area contributed by atoms with Gasteiger partial charge < -0.3 is 14.2 Å². The van der Waals surface area contributed by atoms with Crippen LogP contribution in [-0.4, -0.2) is 24.4 Å². The predicted octanol–water partition coefficient (Wildman–Crippen LogP) is 6.01. The first-order valence-electron chi connectivity index (χ1n) is 9.83. The Hall–Kier alpha value is -2.52. The van der Waals surface area contributed by atoms with Crippen LogP contribution in [0.15, 0.2) is 47.0 Å². The van der Waals surface area contributed by atoms with Crippen LogP contribution in [0.4, 0.5) is 5.69 Å². The molecule has 1 saturated heterocycles. The highest BCUT2D eigenvalue weighted by Gasteiger charge is 2.23. The summed E-state index contributed by atoms with van der Waals surface area (Å²) >= 11 is 12.7. The molecule has 3 aromatic rings. The van der Waals surface area contributed by atoms with Crippen molar-refractivity contribution in [2.24, 2.45) is 0 Å². The zero-order valence-corrected chi connectivity index (χ0v) is 18.1. The second-order valence-corrected chi connectivity index (χ2v) is 8.13. The Bertz CT molecular complexity index is 1040. The van der Waals surface area contributed by atoms with Gasteiger partial charge in [0.1, 0.15) is 11.5 Å². The van der Waals surface area contributed by atoms with Gasteiger partial charge in [-0.15, -0.1) is 0 Å². The average molecular weight is 442 g/mol. The fourth-order valence-electron chi connectivity index (χ4n) is 3.71. The molecule has 0 radical (unpaired) electrons. The number of piperidine rings is 1. The van der Waals surface area contributed by atoms with Gasteiger partial charge in [-0.1, -0.05) is 34.4 Å². The average Bonchev–Trinajstić information content (AvgIpc) is 3.12. The summed E-state index contributed by atoms with van der Waals surface area (Å²) in [6.45, 7) is 4.08. The lowest BCUT2D eigenvalue weighted by Gasteiger charge is -2.33. The van der Waals surface area contributed by atoms with Crippen LogP contribution in [0.2, 0.25) is 10.0 Å². The van der Waals surface area contributed by atoms with Crippen LogP contribution in [0.1, 0.15) is 29.7 Å². The molecule has 2 heterocycles. The van der Waals surface area contributed by atoms with Gasteiger partial charge in [-0.2, -0.15) is 5.26 Å². The van der Waals surface area contributed by atoms with Crippen LogP contribution in [-0.2, 0) is 11.3 Å². The van der Waals surface area contributed by atoms with E-state index in [2.05, 4.69) is 16.1 Å². The first kappa shape index (κ1) is 20.7. The highest BCUT2D eigenvalue weighted by molar-refractivity contribution is 6.39. The molecule has 0 saturated carbocycles. The van der Waals surface area contributed by atoms with Crippen LogP contribution < -0.4 is 4.90 Å². The van der Waals surface area contributed by atoms with Gasteiger partial charge >= 0.3 is 0 Å². The maximum atomic E-state index is 8.95. The summed E-state index contributed by atoms with van der Waals surface area (Å²) in [4.78, 5) is 2.32. The molecule has 1 aromatic heterocycles. The number of ether oxygens (including phenoxy) is 1. The molecule has 4 rings (SSSR count). The standard InChI is InChI=1S/C23H21Cl2N3O2/c1-15-19(23(27-30-15)22-20(24)3-2-4-21(22)25)14-29-18-9-11-28(12-10-18)17-7-5-16(13-26)6-8-17/h2-8,18H,9-12,14H2,1H3. The summed E-state index contributed by atoms with van der Waals surface area (Å²) in [6.07, 6.45) is 2.00. The normalized spacial score (nSPS) is 14.7. The van der Waals surface area contributed by atoms with Gasteiger partial charge in [-0.05, 0) is 56.2 Å². The third kappa shape index (κ3) is 4.32. The minimum atomic E-state index is 0.156. The topological polar surface area (TPSA) is 62.3 Å². The number of benzene rings is 2.